The zero-order valence-corrected chi connectivity index (χ0v) is 29.8. The first-order chi connectivity index (χ1) is 26.6. The molecule has 9 aromatic carbocycles. The minimum Gasteiger partial charge on any atom is -0.290 e. The molecule has 0 atom stereocenters. The molecule has 1 aliphatic rings. The number of nitrogens with zero attached hydrogens (tertiary/aromatic N) is 2. The molecule has 0 saturated carbocycles. The van der Waals surface area contributed by atoms with Crippen LogP contribution in [0.2, 0.25) is 0 Å². The van der Waals surface area contributed by atoms with Gasteiger partial charge in [-0.05, 0) is 96.0 Å². The summed E-state index contributed by atoms with van der Waals surface area (Å²) in [5.41, 5.74) is 9.21. The van der Waals surface area contributed by atoms with Crippen LogP contribution in [0.15, 0.2) is 192 Å². The van der Waals surface area contributed by atoms with Crippen LogP contribution in [0, 0.1) is 0 Å². The Kier molecular flexibility index (Phi) is 6.61. The van der Waals surface area contributed by atoms with Gasteiger partial charge in [0.1, 0.15) is 5.82 Å². The number of benzene rings is 9. The van der Waals surface area contributed by atoms with Crippen molar-refractivity contribution in [3.8, 4) is 50.5 Å². The largest absolute Gasteiger partial charge is 0.290 e. The Morgan fingerprint density at radius 2 is 1.04 bits per heavy atom. The third-order valence-corrected chi connectivity index (χ3v) is 12.7. The van der Waals surface area contributed by atoms with Crippen molar-refractivity contribution in [1.29, 1.82) is 0 Å². The van der Waals surface area contributed by atoms with E-state index in [4.69, 9.17) is 4.98 Å². The van der Waals surface area contributed by atoms with Gasteiger partial charge >= 0.3 is 0 Å². The van der Waals surface area contributed by atoms with E-state index in [0.717, 1.165) is 44.2 Å². The molecule has 0 saturated heterocycles. The van der Waals surface area contributed by atoms with Gasteiger partial charge in [-0.3, -0.25) is 4.57 Å². The SMILES string of the molecule is O=S1(=O)c2cc(-c3ccc4c(-c5ccccc5)c5ccccc5c(-c5cccc6ccccc56)c4c3)ccc2-n2c(-c3ccccc3)nc3cccc1c32. The lowest BCUT2D eigenvalue weighted by molar-refractivity contribution is 0.594. The zero-order chi connectivity index (χ0) is 36.0. The molecule has 0 fully saturated rings. The van der Waals surface area contributed by atoms with Crippen molar-refractivity contribution in [2.75, 3.05) is 0 Å². The number of hydrogen-bond donors (Lipinski definition) is 0. The molecule has 0 aliphatic carbocycles. The summed E-state index contributed by atoms with van der Waals surface area (Å²) in [7, 11) is -3.86. The van der Waals surface area contributed by atoms with Gasteiger partial charge in [0.25, 0.3) is 0 Å². The molecule has 0 N–H and O–H groups in total. The molecule has 11 rings (SSSR count). The minimum absolute atomic E-state index is 0.271. The molecular formula is C49H30N2O2S. The summed E-state index contributed by atoms with van der Waals surface area (Å²) < 4.78 is 31.0. The molecule has 10 aromatic rings. The van der Waals surface area contributed by atoms with Crippen molar-refractivity contribution in [2.24, 2.45) is 0 Å². The fourth-order valence-corrected chi connectivity index (χ4v) is 10.2. The van der Waals surface area contributed by atoms with Crippen LogP contribution in [-0.4, -0.2) is 18.0 Å². The number of imidazole rings is 1. The second kappa shape index (κ2) is 11.6. The first-order valence-electron chi connectivity index (χ1n) is 18.0. The molecule has 1 aromatic heterocycles. The molecule has 4 nitrogen and oxygen atoms in total. The van der Waals surface area contributed by atoms with Crippen LogP contribution in [0.4, 0.5) is 0 Å². The van der Waals surface area contributed by atoms with E-state index in [9.17, 15) is 8.42 Å². The summed E-state index contributed by atoms with van der Waals surface area (Å²) in [4.78, 5) is 5.49. The van der Waals surface area contributed by atoms with Gasteiger partial charge in [-0.15, -0.1) is 0 Å². The summed E-state index contributed by atoms with van der Waals surface area (Å²) in [6.45, 7) is 0. The van der Waals surface area contributed by atoms with Crippen molar-refractivity contribution in [2.45, 2.75) is 9.79 Å². The number of fused-ring (bicyclic) bond motifs is 5. The Bertz CT molecular complexity index is 3270. The van der Waals surface area contributed by atoms with E-state index in [0.29, 0.717) is 22.5 Å². The Labute approximate surface area is 312 Å². The average Bonchev–Trinajstić information content (AvgIpc) is 3.62. The second-order valence-electron chi connectivity index (χ2n) is 13.9. The van der Waals surface area contributed by atoms with E-state index < -0.39 is 9.84 Å². The number of aromatic nitrogens is 2. The lowest BCUT2D eigenvalue weighted by Gasteiger charge is -2.22. The number of para-hydroxylation sites is 1. The third-order valence-electron chi connectivity index (χ3n) is 10.9. The van der Waals surface area contributed by atoms with Gasteiger partial charge in [-0.1, -0.05) is 152 Å². The van der Waals surface area contributed by atoms with E-state index in [1.165, 1.54) is 27.1 Å². The topological polar surface area (TPSA) is 52.0 Å². The van der Waals surface area contributed by atoms with Gasteiger partial charge < -0.3 is 0 Å². The van der Waals surface area contributed by atoms with Gasteiger partial charge in [0.15, 0.2) is 0 Å². The van der Waals surface area contributed by atoms with E-state index in [2.05, 4.69) is 115 Å². The number of sulfone groups is 1. The normalized spacial score (nSPS) is 13.1. The first kappa shape index (κ1) is 30.8. The van der Waals surface area contributed by atoms with Crippen molar-refractivity contribution in [1.82, 2.24) is 9.55 Å². The Balaban J connectivity index is 1.20. The maximum absolute atomic E-state index is 14.5. The van der Waals surface area contributed by atoms with E-state index in [1.54, 1.807) is 12.1 Å². The van der Waals surface area contributed by atoms with Crippen LogP contribution in [0.1, 0.15) is 0 Å². The number of hydrogen-bond acceptors (Lipinski definition) is 3. The Morgan fingerprint density at radius 3 is 1.83 bits per heavy atom. The molecule has 0 spiro atoms. The van der Waals surface area contributed by atoms with Crippen LogP contribution < -0.4 is 0 Å². The maximum atomic E-state index is 14.5. The molecular weight excluding hydrogens is 681 g/mol. The molecule has 54 heavy (non-hydrogen) atoms. The highest BCUT2D eigenvalue weighted by molar-refractivity contribution is 7.92. The van der Waals surface area contributed by atoms with Crippen LogP contribution in [-0.2, 0) is 9.84 Å². The van der Waals surface area contributed by atoms with Crippen LogP contribution in [0.3, 0.4) is 0 Å². The molecule has 0 unspecified atom stereocenters. The van der Waals surface area contributed by atoms with Crippen LogP contribution >= 0.6 is 0 Å². The smallest absolute Gasteiger partial charge is 0.210 e. The highest BCUT2D eigenvalue weighted by Crippen LogP contribution is 2.47. The average molecular weight is 711 g/mol. The third kappa shape index (κ3) is 4.42. The van der Waals surface area contributed by atoms with Gasteiger partial charge in [-0.2, -0.15) is 0 Å². The van der Waals surface area contributed by atoms with Crippen molar-refractivity contribution < 1.29 is 8.42 Å². The molecule has 0 bridgehead atoms. The second-order valence-corrected chi connectivity index (χ2v) is 15.8. The summed E-state index contributed by atoms with van der Waals surface area (Å²) in [5.74, 6) is 0.715. The van der Waals surface area contributed by atoms with Gasteiger partial charge in [0.05, 0.1) is 26.5 Å². The molecule has 2 heterocycles. The molecule has 254 valence electrons. The molecule has 0 radical (unpaired) electrons. The van der Waals surface area contributed by atoms with E-state index >= 15 is 0 Å². The first-order valence-corrected chi connectivity index (χ1v) is 19.5. The van der Waals surface area contributed by atoms with Crippen molar-refractivity contribution in [3.05, 3.63) is 182 Å². The number of rotatable bonds is 4. The summed E-state index contributed by atoms with van der Waals surface area (Å²) in [6.07, 6.45) is 0. The Hall–Kier alpha value is -6.82. The minimum atomic E-state index is -3.86. The van der Waals surface area contributed by atoms with Crippen molar-refractivity contribution in [3.63, 3.8) is 0 Å². The standard InChI is InChI=1S/C49H30N2O2S/c52-54(53)44-24-12-23-42-48(44)51(49(50-42)33-16-5-2-6-17-33)43-28-26-35(30-45(43)54)34-25-27-40-41(29-34)47(37-22-11-18-31-13-7-8-19-36(31)37)39-21-10-9-20-38(39)46(40)32-14-3-1-4-15-32/h1-30H. The van der Waals surface area contributed by atoms with Crippen LogP contribution in [0.5, 0.6) is 0 Å². The lowest BCUT2D eigenvalue weighted by atomic mass is 9.84. The fraction of sp³-hybridized carbons (Fsp3) is 0. The molecule has 0 amide bonds. The monoisotopic (exact) mass is 710 g/mol. The highest BCUT2D eigenvalue weighted by atomic mass is 32.2. The fourth-order valence-electron chi connectivity index (χ4n) is 8.55. The predicted octanol–water partition coefficient (Wildman–Crippen LogP) is 12.3. The van der Waals surface area contributed by atoms with Crippen molar-refractivity contribution >= 4 is 53.2 Å². The summed E-state index contributed by atoms with van der Waals surface area (Å²) >= 11 is 0. The van der Waals surface area contributed by atoms with Gasteiger partial charge in [0.2, 0.25) is 9.84 Å². The summed E-state index contributed by atoms with van der Waals surface area (Å²) in [5, 5.41) is 6.96. The van der Waals surface area contributed by atoms with Crippen LogP contribution in [0.25, 0.3) is 93.8 Å². The van der Waals surface area contributed by atoms with E-state index in [1.807, 2.05) is 59.2 Å². The predicted molar refractivity (Wildman–Crippen MR) is 221 cm³/mol. The van der Waals surface area contributed by atoms with E-state index in [-0.39, 0.29) is 9.79 Å². The molecule has 1 aliphatic heterocycles. The van der Waals surface area contributed by atoms with Gasteiger partial charge in [0, 0.05) is 5.56 Å². The Morgan fingerprint density at radius 1 is 0.426 bits per heavy atom. The molecule has 5 heteroatoms. The maximum Gasteiger partial charge on any atom is 0.210 e. The summed E-state index contributed by atoms with van der Waals surface area (Å²) in [6, 6.07) is 62.1. The van der Waals surface area contributed by atoms with Gasteiger partial charge in [-0.25, -0.2) is 13.4 Å². The highest BCUT2D eigenvalue weighted by Gasteiger charge is 2.34. The lowest BCUT2D eigenvalue weighted by Crippen LogP contribution is -2.15. The zero-order valence-electron chi connectivity index (χ0n) is 28.9. The quantitative estimate of drug-likeness (QED) is 0.171.